The van der Waals surface area contributed by atoms with E-state index in [4.69, 9.17) is 9.84 Å². The molecule has 3 amide bonds. The second-order valence-electron chi connectivity index (χ2n) is 10.5. The first-order valence-corrected chi connectivity index (χ1v) is 12.8. The van der Waals surface area contributed by atoms with Crippen LogP contribution in [0.1, 0.15) is 53.4 Å². The summed E-state index contributed by atoms with van der Waals surface area (Å²) in [4.78, 5) is 47.1. The van der Waals surface area contributed by atoms with Crippen LogP contribution in [0.3, 0.4) is 0 Å². The van der Waals surface area contributed by atoms with Gasteiger partial charge < -0.3 is 24.5 Å². The molecule has 0 aromatic rings. The summed E-state index contributed by atoms with van der Waals surface area (Å²) in [6, 6.07) is -0.827. The Morgan fingerprint density at radius 3 is 2.41 bits per heavy atom. The van der Waals surface area contributed by atoms with E-state index >= 15 is 0 Å². The Morgan fingerprint density at radius 1 is 1.00 bits per heavy atom. The minimum atomic E-state index is -1.18. The molecule has 0 aliphatic carbocycles. The number of fused-ring (bicyclic) bond motifs is 2. The van der Waals surface area contributed by atoms with Crippen LogP contribution in [-0.2, 0) is 19.1 Å². The number of likely N-dealkylation sites (tertiary alicyclic amines) is 1. The van der Waals surface area contributed by atoms with Gasteiger partial charge in [0.05, 0.1) is 17.4 Å². The van der Waals surface area contributed by atoms with E-state index in [-0.39, 0.29) is 30.4 Å². The second kappa shape index (κ2) is 9.46. The molecular weight excluding hydrogens is 434 g/mol. The van der Waals surface area contributed by atoms with Gasteiger partial charge in [0, 0.05) is 38.8 Å². The molecule has 0 aromatic carbocycles. The number of amides is 3. The molecule has 0 aromatic heterocycles. The lowest BCUT2D eigenvalue weighted by molar-refractivity contribution is -0.153. The third-order valence-corrected chi connectivity index (χ3v) is 7.85. The average molecular weight is 474 g/mol. The smallest absolute Gasteiger partial charge is 0.249 e. The molecule has 34 heavy (non-hydrogen) atoms. The summed E-state index contributed by atoms with van der Waals surface area (Å²) < 4.78 is 6.78. The SMILES string of the molecule is CCCN1CC=C[C@]2(C)O[C@]34C=CCN(C(C)C)C(=O)C3N(CCCCCO)C(=O)[C@@H]4[C@@H]2C1=O. The van der Waals surface area contributed by atoms with Gasteiger partial charge in [-0.3, -0.25) is 14.4 Å². The molecule has 0 saturated carbocycles. The number of aliphatic hydroxyl groups is 1. The van der Waals surface area contributed by atoms with E-state index in [9.17, 15) is 14.4 Å². The summed E-state index contributed by atoms with van der Waals surface area (Å²) in [7, 11) is 0. The predicted molar refractivity (Wildman–Crippen MR) is 128 cm³/mol. The Kier molecular flexibility index (Phi) is 6.93. The Morgan fingerprint density at radius 2 is 1.74 bits per heavy atom. The van der Waals surface area contributed by atoms with Crippen LogP contribution in [0.25, 0.3) is 0 Å². The van der Waals surface area contributed by atoms with Crippen LogP contribution in [0.4, 0.5) is 0 Å². The number of nitrogens with zero attached hydrogens (tertiary/aromatic N) is 3. The minimum Gasteiger partial charge on any atom is -0.396 e. The minimum absolute atomic E-state index is 0.0262. The molecule has 4 aliphatic rings. The van der Waals surface area contributed by atoms with Crippen LogP contribution >= 0.6 is 0 Å². The summed E-state index contributed by atoms with van der Waals surface area (Å²) in [5, 5.41) is 9.17. The van der Waals surface area contributed by atoms with E-state index in [2.05, 4.69) is 0 Å². The van der Waals surface area contributed by atoms with E-state index in [1.807, 2.05) is 56.9 Å². The molecule has 1 unspecified atom stereocenters. The summed E-state index contributed by atoms with van der Waals surface area (Å²) in [5.74, 6) is -1.80. The number of ether oxygens (including phenoxy) is 1. The monoisotopic (exact) mass is 473 g/mol. The first-order valence-electron chi connectivity index (χ1n) is 12.8. The molecule has 8 nitrogen and oxygen atoms in total. The molecule has 4 aliphatic heterocycles. The van der Waals surface area contributed by atoms with Crippen LogP contribution in [0.5, 0.6) is 0 Å². The van der Waals surface area contributed by atoms with Crippen LogP contribution in [-0.4, -0.2) is 93.6 Å². The van der Waals surface area contributed by atoms with Crippen LogP contribution in [0.15, 0.2) is 24.3 Å². The maximum Gasteiger partial charge on any atom is 0.249 e. The predicted octanol–water partition coefficient (Wildman–Crippen LogP) is 1.74. The van der Waals surface area contributed by atoms with Gasteiger partial charge in [0.2, 0.25) is 17.7 Å². The van der Waals surface area contributed by atoms with Gasteiger partial charge in [0.1, 0.15) is 11.6 Å². The number of rotatable bonds is 8. The third kappa shape index (κ3) is 3.79. The normalized spacial score (nSPS) is 35.1. The zero-order valence-electron chi connectivity index (χ0n) is 20.9. The molecule has 188 valence electrons. The summed E-state index contributed by atoms with van der Waals surface area (Å²) >= 11 is 0. The lowest BCUT2D eigenvalue weighted by Gasteiger charge is -2.38. The lowest BCUT2D eigenvalue weighted by atomic mass is 9.74. The molecule has 2 saturated heterocycles. The molecule has 4 rings (SSSR count). The van der Waals surface area contributed by atoms with Gasteiger partial charge >= 0.3 is 0 Å². The van der Waals surface area contributed by atoms with Crippen LogP contribution < -0.4 is 0 Å². The van der Waals surface area contributed by atoms with Crippen molar-refractivity contribution in [2.75, 3.05) is 32.8 Å². The second-order valence-corrected chi connectivity index (χ2v) is 10.5. The van der Waals surface area contributed by atoms with E-state index in [0.717, 1.165) is 12.8 Å². The van der Waals surface area contributed by atoms with Gasteiger partial charge in [0.25, 0.3) is 0 Å². The third-order valence-electron chi connectivity index (χ3n) is 7.85. The van der Waals surface area contributed by atoms with Crippen molar-refractivity contribution in [1.29, 1.82) is 0 Å². The van der Waals surface area contributed by atoms with Crippen molar-refractivity contribution in [2.24, 2.45) is 11.8 Å². The Labute approximate surface area is 202 Å². The summed E-state index contributed by atoms with van der Waals surface area (Å²) in [6.45, 7) is 9.93. The van der Waals surface area contributed by atoms with Crippen LogP contribution in [0, 0.1) is 11.8 Å². The number of carbonyl (C=O) groups excluding carboxylic acids is 3. The highest BCUT2D eigenvalue weighted by molar-refractivity contribution is 6.00. The summed E-state index contributed by atoms with van der Waals surface area (Å²) in [6.07, 6.45) is 10.6. The molecule has 2 fully saturated rings. The Balaban J connectivity index is 1.79. The molecule has 4 heterocycles. The van der Waals surface area contributed by atoms with Gasteiger partial charge in [0.15, 0.2) is 0 Å². The molecule has 0 radical (unpaired) electrons. The highest BCUT2D eigenvalue weighted by Crippen LogP contribution is 2.57. The van der Waals surface area contributed by atoms with Gasteiger partial charge in [-0.15, -0.1) is 0 Å². The number of unbranched alkanes of at least 4 members (excludes halogenated alkanes) is 2. The molecular formula is C26H39N3O5. The van der Waals surface area contributed by atoms with Crippen molar-refractivity contribution >= 4 is 17.7 Å². The van der Waals surface area contributed by atoms with Gasteiger partial charge in [-0.2, -0.15) is 0 Å². The topological polar surface area (TPSA) is 90.4 Å². The Bertz CT molecular complexity index is 886. The quantitative estimate of drug-likeness (QED) is 0.428. The fourth-order valence-corrected chi connectivity index (χ4v) is 6.34. The molecule has 8 heteroatoms. The highest BCUT2D eigenvalue weighted by Gasteiger charge is 2.74. The largest absolute Gasteiger partial charge is 0.396 e. The van der Waals surface area contributed by atoms with E-state index in [1.54, 1.807) is 9.80 Å². The van der Waals surface area contributed by atoms with Gasteiger partial charge in [-0.1, -0.05) is 31.2 Å². The summed E-state index contributed by atoms with van der Waals surface area (Å²) in [5.41, 5.74) is -2.14. The standard InChI is InChI=1S/C26H39N3O5/c1-5-13-27-14-9-11-25(4)19(22(27)31)20-23(32)29(15-7-6-8-17-30)21-24(33)28(18(2)3)16-10-12-26(20,21)34-25/h9-12,18-21,30H,5-8,13-17H2,1-4H3/t19-,20+,21?,25+,26+/m1/s1. The van der Waals surface area contributed by atoms with Gasteiger partial charge in [-0.25, -0.2) is 0 Å². The van der Waals surface area contributed by atoms with Crippen molar-refractivity contribution < 1.29 is 24.2 Å². The maximum absolute atomic E-state index is 14.1. The van der Waals surface area contributed by atoms with Gasteiger partial charge in [-0.05, 0) is 46.5 Å². The van der Waals surface area contributed by atoms with Crippen molar-refractivity contribution in [3.8, 4) is 0 Å². The number of carbonyl (C=O) groups is 3. The van der Waals surface area contributed by atoms with E-state index in [1.165, 1.54) is 0 Å². The van der Waals surface area contributed by atoms with Crippen molar-refractivity contribution in [3.05, 3.63) is 24.3 Å². The van der Waals surface area contributed by atoms with Crippen molar-refractivity contribution in [1.82, 2.24) is 14.7 Å². The molecule has 1 spiro atoms. The number of hydrogen-bond donors (Lipinski definition) is 1. The highest BCUT2D eigenvalue weighted by atomic mass is 16.5. The fraction of sp³-hybridized carbons (Fsp3) is 0.731. The van der Waals surface area contributed by atoms with E-state index in [0.29, 0.717) is 39.0 Å². The Hall–Kier alpha value is -2.19. The molecule has 1 N–H and O–H groups in total. The number of aliphatic hydroxyl groups excluding tert-OH is 1. The van der Waals surface area contributed by atoms with Crippen LogP contribution in [0.2, 0.25) is 0 Å². The van der Waals surface area contributed by atoms with Crippen molar-refractivity contribution in [3.63, 3.8) is 0 Å². The maximum atomic E-state index is 14.1. The number of hydrogen-bond acceptors (Lipinski definition) is 5. The first-order chi connectivity index (χ1) is 16.2. The lowest BCUT2D eigenvalue weighted by Crippen LogP contribution is -2.57. The van der Waals surface area contributed by atoms with E-state index < -0.39 is 29.1 Å². The first kappa shape index (κ1) is 24.9. The van der Waals surface area contributed by atoms with Crippen molar-refractivity contribution in [2.45, 2.75) is 76.7 Å². The molecule has 0 bridgehead atoms. The fourth-order valence-electron chi connectivity index (χ4n) is 6.34. The zero-order valence-corrected chi connectivity index (χ0v) is 20.9. The molecule has 5 atom stereocenters. The average Bonchev–Trinajstić information content (AvgIpc) is 3.04. The zero-order chi connectivity index (χ0) is 24.7.